The van der Waals surface area contributed by atoms with Crippen LogP contribution in [0.3, 0.4) is 0 Å². The summed E-state index contributed by atoms with van der Waals surface area (Å²) >= 11 is 0. The van der Waals surface area contributed by atoms with Gasteiger partial charge in [-0.1, -0.05) is 30.3 Å². The minimum absolute atomic E-state index is 0.0107. The van der Waals surface area contributed by atoms with Crippen LogP contribution in [0.1, 0.15) is 21.7 Å². The molecule has 32 heavy (non-hydrogen) atoms. The average molecular weight is 427 g/mol. The van der Waals surface area contributed by atoms with Crippen LogP contribution in [0.5, 0.6) is 0 Å². The van der Waals surface area contributed by atoms with Gasteiger partial charge in [-0.05, 0) is 31.5 Å². The number of anilines is 1. The predicted octanol–water partition coefficient (Wildman–Crippen LogP) is 4.19. The molecule has 158 valence electrons. The zero-order valence-electron chi connectivity index (χ0n) is 17.3. The van der Waals surface area contributed by atoms with Gasteiger partial charge in [0.05, 0.1) is 29.3 Å². The normalized spacial score (nSPS) is 11.1. The van der Waals surface area contributed by atoms with E-state index >= 15 is 0 Å². The summed E-state index contributed by atoms with van der Waals surface area (Å²) in [6.07, 6.45) is 2.71. The van der Waals surface area contributed by atoms with Crippen molar-refractivity contribution in [1.82, 2.24) is 29.8 Å². The first kappa shape index (κ1) is 19.6. The summed E-state index contributed by atoms with van der Waals surface area (Å²) in [6, 6.07) is 14.6. The quantitative estimate of drug-likeness (QED) is 0.448. The van der Waals surface area contributed by atoms with Crippen molar-refractivity contribution in [2.45, 2.75) is 13.8 Å². The Kier molecular flexibility index (Phi) is 4.70. The highest BCUT2D eigenvalue weighted by atomic mass is 19.1. The molecule has 5 aromatic rings. The first-order valence-corrected chi connectivity index (χ1v) is 9.89. The number of aromatic amines is 1. The number of halogens is 1. The third-order valence-corrected chi connectivity index (χ3v) is 4.94. The van der Waals surface area contributed by atoms with Gasteiger partial charge in [-0.25, -0.2) is 13.9 Å². The molecule has 1 aromatic carbocycles. The topological polar surface area (TPSA) is 101 Å². The molecule has 0 aliphatic heterocycles. The number of amides is 1. The highest BCUT2D eigenvalue weighted by molar-refractivity contribution is 6.07. The van der Waals surface area contributed by atoms with E-state index < -0.39 is 11.7 Å². The van der Waals surface area contributed by atoms with Crippen molar-refractivity contribution in [1.29, 1.82) is 0 Å². The number of pyridine rings is 2. The van der Waals surface area contributed by atoms with Crippen LogP contribution in [0, 0.1) is 19.7 Å². The van der Waals surface area contributed by atoms with Gasteiger partial charge in [-0.2, -0.15) is 5.10 Å². The van der Waals surface area contributed by atoms with Crippen LogP contribution in [0.4, 0.5) is 10.1 Å². The van der Waals surface area contributed by atoms with E-state index in [4.69, 9.17) is 0 Å². The molecule has 4 aromatic heterocycles. The number of nitrogens with zero attached hydrogens (tertiary/aromatic N) is 5. The number of aryl methyl sites for hydroxylation is 2. The van der Waals surface area contributed by atoms with E-state index in [1.807, 2.05) is 56.3 Å². The summed E-state index contributed by atoms with van der Waals surface area (Å²) in [6.45, 7) is 3.83. The maximum absolute atomic E-state index is 14.7. The SMILES string of the molecule is Cc1cc(C)nc(-c2cn[nH]c2C(=O)Nc2cc3nc(-c4ccccc4)nn3cc2F)c1. The van der Waals surface area contributed by atoms with Gasteiger partial charge in [0.15, 0.2) is 17.3 Å². The van der Waals surface area contributed by atoms with Crippen molar-refractivity contribution in [3.63, 3.8) is 0 Å². The molecule has 0 bridgehead atoms. The molecule has 0 spiro atoms. The van der Waals surface area contributed by atoms with Crippen molar-refractivity contribution >= 4 is 17.2 Å². The van der Waals surface area contributed by atoms with Crippen LogP contribution in [0.15, 0.2) is 60.9 Å². The summed E-state index contributed by atoms with van der Waals surface area (Å²) < 4.78 is 16.1. The van der Waals surface area contributed by atoms with E-state index in [0.29, 0.717) is 22.7 Å². The average Bonchev–Trinajstić information content (AvgIpc) is 3.41. The fourth-order valence-corrected chi connectivity index (χ4v) is 3.53. The monoisotopic (exact) mass is 427 g/mol. The highest BCUT2D eigenvalue weighted by Gasteiger charge is 2.19. The second-order valence-electron chi connectivity index (χ2n) is 7.42. The number of hydrogen-bond acceptors (Lipinski definition) is 5. The van der Waals surface area contributed by atoms with Crippen LogP contribution < -0.4 is 5.32 Å². The molecule has 1 amide bonds. The second-order valence-corrected chi connectivity index (χ2v) is 7.42. The largest absolute Gasteiger partial charge is 0.318 e. The van der Waals surface area contributed by atoms with Crippen molar-refractivity contribution in [3.05, 3.63) is 83.7 Å². The van der Waals surface area contributed by atoms with Crippen LogP contribution >= 0.6 is 0 Å². The number of fused-ring (bicyclic) bond motifs is 1. The number of benzene rings is 1. The lowest BCUT2D eigenvalue weighted by molar-refractivity contribution is 0.102. The molecule has 0 atom stereocenters. The number of hydrogen-bond donors (Lipinski definition) is 2. The van der Waals surface area contributed by atoms with Gasteiger partial charge in [-0.3, -0.25) is 14.9 Å². The molecule has 0 aliphatic rings. The lowest BCUT2D eigenvalue weighted by atomic mass is 10.1. The zero-order valence-corrected chi connectivity index (χ0v) is 17.3. The van der Waals surface area contributed by atoms with E-state index in [1.165, 1.54) is 23.0 Å². The molecule has 0 radical (unpaired) electrons. The van der Waals surface area contributed by atoms with Crippen LogP contribution in [0.25, 0.3) is 28.3 Å². The minimum Gasteiger partial charge on any atom is -0.318 e. The molecule has 9 heteroatoms. The summed E-state index contributed by atoms with van der Waals surface area (Å²) in [5.41, 5.74) is 4.37. The molecule has 4 heterocycles. The molecule has 2 N–H and O–H groups in total. The Balaban J connectivity index is 1.47. The molecule has 0 aliphatic carbocycles. The first-order chi connectivity index (χ1) is 15.5. The number of rotatable bonds is 4. The molecular weight excluding hydrogens is 409 g/mol. The molecule has 0 saturated carbocycles. The Morgan fingerprint density at radius 3 is 2.69 bits per heavy atom. The van der Waals surface area contributed by atoms with Crippen molar-refractivity contribution in [2.24, 2.45) is 0 Å². The summed E-state index contributed by atoms with van der Waals surface area (Å²) in [7, 11) is 0. The van der Waals surface area contributed by atoms with Crippen LogP contribution in [-0.4, -0.2) is 35.7 Å². The molecule has 0 unspecified atom stereocenters. The molecule has 5 rings (SSSR count). The summed E-state index contributed by atoms with van der Waals surface area (Å²) in [4.78, 5) is 21.9. The lowest BCUT2D eigenvalue weighted by Crippen LogP contribution is -2.15. The molecular formula is C23H18FN7O. The van der Waals surface area contributed by atoms with Gasteiger partial charge in [0, 0.05) is 17.3 Å². The number of H-pyrrole nitrogens is 1. The molecule has 0 saturated heterocycles. The van der Waals surface area contributed by atoms with E-state index in [1.54, 1.807) is 0 Å². The van der Waals surface area contributed by atoms with Crippen molar-refractivity contribution in [2.75, 3.05) is 5.32 Å². The van der Waals surface area contributed by atoms with Gasteiger partial charge in [0.25, 0.3) is 5.91 Å². The number of carbonyl (C=O) groups is 1. The van der Waals surface area contributed by atoms with Gasteiger partial charge in [0.2, 0.25) is 0 Å². The van der Waals surface area contributed by atoms with E-state index in [2.05, 4.69) is 30.6 Å². The Morgan fingerprint density at radius 2 is 1.91 bits per heavy atom. The predicted molar refractivity (Wildman–Crippen MR) is 118 cm³/mol. The zero-order chi connectivity index (χ0) is 22.2. The van der Waals surface area contributed by atoms with Crippen molar-refractivity contribution in [3.8, 4) is 22.6 Å². The Bertz CT molecular complexity index is 1440. The van der Waals surface area contributed by atoms with Gasteiger partial charge >= 0.3 is 0 Å². The van der Waals surface area contributed by atoms with Gasteiger partial charge in [0.1, 0.15) is 5.69 Å². The van der Waals surface area contributed by atoms with Crippen LogP contribution in [-0.2, 0) is 0 Å². The van der Waals surface area contributed by atoms with Crippen molar-refractivity contribution < 1.29 is 9.18 Å². The Hall–Kier alpha value is -4.40. The molecule has 8 nitrogen and oxygen atoms in total. The maximum Gasteiger partial charge on any atom is 0.274 e. The Morgan fingerprint density at radius 1 is 1.09 bits per heavy atom. The van der Waals surface area contributed by atoms with E-state index in [-0.39, 0.29) is 11.4 Å². The fourth-order valence-electron chi connectivity index (χ4n) is 3.53. The maximum atomic E-state index is 14.7. The summed E-state index contributed by atoms with van der Waals surface area (Å²) in [5, 5.41) is 13.6. The van der Waals surface area contributed by atoms with Gasteiger partial charge in [-0.15, -0.1) is 5.10 Å². The number of nitrogens with one attached hydrogen (secondary N) is 2. The fraction of sp³-hybridized carbons (Fsp3) is 0.0870. The Labute approximate surface area is 182 Å². The van der Waals surface area contributed by atoms with Gasteiger partial charge < -0.3 is 5.32 Å². The third-order valence-electron chi connectivity index (χ3n) is 4.94. The minimum atomic E-state index is -0.638. The number of carbonyl (C=O) groups excluding carboxylic acids is 1. The highest BCUT2D eigenvalue weighted by Crippen LogP contribution is 2.24. The number of aromatic nitrogens is 6. The lowest BCUT2D eigenvalue weighted by Gasteiger charge is -2.08. The van der Waals surface area contributed by atoms with E-state index in [9.17, 15) is 9.18 Å². The summed E-state index contributed by atoms with van der Waals surface area (Å²) in [5.74, 6) is -0.712. The van der Waals surface area contributed by atoms with E-state index in [0.717, 1.165) is 16.8 Å². The molecule has 0 fully saturated rings. The standard InChI is InChI=1S/C23H18FN7O/c1-13-8-14(2)26-18(9-13)16-11-25-29-21(16)23(32)27-19-10-20-28-22(15-6-4-3-5-7-15)30-31(20)12-17(19)24/h3-12H,1-2H3,(H,25,29)(H,27,32). The third kappa shape index (κ3) is 3.60. The second kappa shape index (κ2) is 7.69. The smallest absolute Gasteiger partial charge is 0.274 e. The first-order valence-electron chi connectivity index (χ1n) is 9.89. The van der Waals surface area contributed by atoms with Crippen LogP contribution in [0.2, 0.25) is 0 Å².